The van der Waals surface area contributed by atoms with E-state index in [1.165, 1.54) is 0 Å². The number of carbonyl (C=O) groups excluding carboxylic acids is 2. The molecular weight excluding hydrogens is 274 g/mol. The maximum Gasteiger partial charge on any atom is 0.281 e. The molecule has 4 nitrogen and oxygen atoms in total. The minimum atomic E-state index is -0.624. The first kappa shape index (κ1) is 12.7. The standard InChI is InChI=1S/C12H8ClNO3S/c13-11-5-8-3-7(1-2-10(8)17-11)4-9(6-15)18-12(14)16/h1-6H,(H2,14,16)/b9-4-. The number of carbonyl (C=O) groups is 2. The Bertz CT molecular complexity index is 648. The summed E-state index contributed by atoms with van der Waals surface area (Å²) in [6, 6.07) is 6.98. The summed E-state index contributed by atoms with van der Waals surface area (Å²) in [6.45, 7) is 0. The highest BCUT2D eigenvalue weighted by molar-refractivity contribution is 8.17. The van der Waals surface area contributed by atoms with Crippen LogP contribution in [0.4, 0.5) is 4.79 Å². The third kappa shape index (κ3) is 2.94. The van der Waals surface area contributed by atoms with Crippen LogP contribution in [-0.4, -0.2) is 11.5 Å². The number of amides is 1. The van der Waals surface area contributed by atoms with Gasteiger partial charge in [-0.3, -0.25) is 9.59 Å². The Balaban J connectivity index is 2.37. The quantitative estimate of drug-likeness (QED) is 0.691. The number of furan rings is 1. The van der Waals surface area contributed by atoms with Crippen molar-refractivity contribution in [1.82, 2.24) is 0 Å². The van der Waals surface area contributed by atoms with Crippen molar-refractivity contribution in [3.8, 4) is 0 Å². The van der Waals surface area contributed by atoms with Gasteiger partial charge in [0.2, 0.25) is 0 Å². The zero-order chi connectivity index (χ0) is 13.1. The molecular formula is C12H8ClNO3S. The van der Waals surface area contributed by atoms with Gasteiger partial charge >= 0.3 is 0 Å². The highest BCUT2D eigenvalue weighted by Gasteiger charge is 2.05. The summed E-state index contributed by atoms with van der Waals surface area (Å²) >= 11 is 6.42. The molecule has 1 amide bonds. The number of rotatable bonds is 3. The van der Waals surface area contributed by atoms with Crippen LogP contribution >= 0.6 is 23.4 Å². The van der Waals surface area contributed by atoms with Crippen LogP contribution in [-0.2, 0) is 4.79 Å². The molecule has 0 unspecified atom stereocenters. The summed E-state index contributed by atoms with van der Waals surface area (Å²) in [4.78, 5) is 21.8. The summed E-state index contributed by atoms with van der Waals surface area (Å²) in [5.74, 6) is 0. The van der Waals surface area contributed by atoms with Crippen molar-refractivity contribution in [3.05, 3.63) is 40.0 Å². The van der Waals surface area contributed by atoms with Crippen molar-refractivity contribution in [3.63, 3.8) is 0 Å². The van der Waals surface area contributed by atoms with E-state index >= 15 is 0 Å². The Kier molecular flexibility index (Phi) is 3.74. The number of aldehydes is 1. The van der Waals surface area contributed by atoms with Crippen LogP contribution < -0.4 is 5.73 Å². The largest absolute Gasteiger partial charge is 0.445 e. The molecule has 0 aliphatic rings. The number of allylic oxidation sites excluding steroid dienone is 1. The number of fused-ring (bicyclic) bond motifs is 1. The lowest BCUT2D eigenvalue weighted by molar-refractivity contribution is -0.104. The van der Waals surface area contributed by atoms with Gasteiger partial charge in [-0.25, -0.2) is 0 Å². The fraction of sp³-hybridized carbons (Fsp3) is 0. The van der Waals surface area contributed by atoms with E-state index in [-0.39, 0.29) is 4.91 Å². The number of hydrogen-bond donors (Lipinski definition) is 1. The second-order valence-corrected chi connectivity index (χ2v) is 4.88. The van der Waals surface area contributed by atoms with Crippen LogP contribution in [0.1, 0.15) is 5.56 Å². The molecule has 0 spiro atoms. The van der Waals surface area contributed by atoms with E-state index in [9.17, 15) is 9.59 Å². The minimum absolute atomic E-state index is 0.247. The van der Waals surface area contributed by atoms with Crippen molar-refractivity contribution in [2.75, 3.05) is 0 Å². The van der Waals surface area contributed by atoms with E-state index in [0.717, 1.165) is 10.9 Å². The van der Waals surface area contributed by atoms with E-state index in [1.54, 1.807) is 30.3 Å². The Morgan fingerprint density at radius 1 is 1.39 bits per heavy atom. The topological polar surface area (TPSA) is 73.3 Å². The number of thioether (sulfide) groups is 1. The lowest BCUT2D eigenvalue weighted by Crippen LogP contribution is -2.02. The van der Waals surface area contributed by atoms with Crippen molar-refractivity contribution >= 4 is 51.9 Å². The monoisotopic (exact) mass is 281 g/mol. The molecule has 92 valence electrons. The predicted octanol–water partition coefficient (Wildman–Crippen LogP) is 3.44. The smallest absolute Gasteiger partial charge is 0.281 e. The molecule has 6 heteroatoms. The lowest BCUT2D eigenvalue weighted by atomic mass is 10.1. The van der Waals surface area contributed by atoms with E-state index in [1.807, 2.05) is 0 Å². The van der Waals surface area contributed by atoms with Gasteiger partial charge in [0.1, 0.15) is 5.58 Å². The van der Waals surface area contributed by atoms with Gasteiger partial charge in [-0.05, 0) is 47.1 Å². The molecule has 0 bridgehead atoms. The summed E-state index contributed by atoms with van der Waals surface area (Å²) in [5.41, 5.74) is 6.43. The number of hydrogen-bond acceptors (Lipinski definition) is 4. The molecule has 18 heavy (non-hydrogen) atoms. The average Bonchev–Trinajstić information content (AvgIpc) is 2.67. The molecule has 0 aliphatic carbocycles. The molecule has 0 saturated heterocycles. The Morgan fingerprint density at radius 2 is 2.17 bits per heavy atom. The van der Waals surface area contributed by atoms with Gasteiger partial charge in [0.05, 0.1) is 4.91 Å². The molecule has 1 aromatic heterocycles. The van der Waals surface area contributed by atoms with E-state index in [0.29, 0.717) is 28.9 Å². The predicted molar refractivity (Wildman–Crippen MR) is 72.4 cm³/mol. The Labute approximate surface area is 112 Å². The molecule has 0 radical (unpaired) electrons. The third-order valence-electron chi connectivity index (χ3n) is 2.15. The number of halogens is 1. The molecule has 2 rings (SSSR count). The molecule has 1 aromatic carbocycles. The molecule has 0 fully saturated rings. The Hall–Kier alpha value is -1.72. The van der Waals surface area contributed by atoms with Gasteiger partial charge in [0, 0.05) is 11.5 Å². The molecule has 2 N–H and O–H groups in total. The van der Waals surface area contributed by atoms with Gasteiger partial charge < -0.3 is 10.2 Å². The summed E-state index contributed by atoms with van der Waals surface area (Å²) in [5, 5.41) is 0.497. The van der Waals surface area contributed by atoms with E-state index < -0.39 is 5.24 Å². The molecule has 1 heterocycles. The SMILES string of the molecule is NC(=O)S/C(C=O)=C\c1ccc2oc(Cl)cc2c1. The van der Waals surface area contributed by atoms with Gasteiger partial charge in [-0.15, -0.1) is 0 Å². The second kappa shape index (κ2) is 5.29. The summed E-state index contributed by atoms with van der Waals surface area (Å²) < 4.78 is 5.21. The minimum Gasteiger partial charge on any atom is -0.445 e. The van der Waals surface area contributed by atoms with Crippen LogP contribution in [0.2, 0.25) is 5.22 Å². The van der Waals surface area contributed by atoms with E-state index in [4.69, 9.17) is 21.8 Å². The van der Waals surface area contributed by atoms with Gasteiger partial charge in [-0.2, -0.15) is 0 Å². The van der Waals surface area contributed by atoms with Crippen molar-refractivity contribution in [1.29, 1.82) is 0 Å². The fourth-order valence-corrected chi connectivity index (χ4v) is 2.16. The lowest BCUT2D eigenvalue weighted by Gasteiger charge is -1.97. The second-order valence-electron chi connectivity index (χ2n) is 3.43. The van der Waals surface area contributed by atoms with Crippen LogP contribution in [0.5, 0.6) is 0 Å². The molecule has 2 aromatic rings. The molecule has 0 saturated carbocycles. The van der Waals surface area contributed by atoms with Gasteiger partial charge in [0.15, 0.2) is 11.5 Å². The summed E-state index contributed by atoms with van der Waals surface area (Å²) in [7, 11) is 0. The third-order valence-corrected chi connectivity index (χ3v) is 2.99. The highest BCUT2D eigenvalue weighted by atomic mass is 35.5. The van der Waals surface area contributed by atoms with Crippen LogP contribution in [0, 0.1) is 0 Å². The van der Waals surface area contributed by atoms with Gasteiger partial charge in [-0.1, -0.05) is 6.07 Å². The van der Waals surface area contributed by atoms with Crippen LogP contribution in [0.25, 0.3) is 17.0 Å². The fourth-order valence-electron chi connectivity index (χ4n) is 1.49. The van der Waals surface area contributed by atoms with Crippen molar-refractivity contribution in [2.24, 2.45) is 5.73 Å². The van der Waals surface area contributed by atoms with Crippen LogP contribution in [0.3, 0.4) is 0 Å². The average molecular weight is 282 g/mol. The first-order valence-corrected chi connectivity index (χ1v) is 6.11. The number of benzene rings is 1. The van der Waals surface area contributed by atoms with Crippen molar-refractivity contribution < 1.29 is 14.0 Å². The zero-order valence-electron chi connectivity index (χ0n) is 9.05. The highest BCUT2D eigenvalue weighted by Crippen LogP contribution is 2.25. The molecule has 0 aliphatic heterocycles. The van der Waals surface area contributed by atoms with Gasteiger partial charge in [0.25, 0.3) is 5.24 Å². The Morgan fingerprint density at radius 3 is 2.83 bits per heavy atom. The maximum atomic E-state index is 10.8. The first-order chi connectivity index (χ1) is 8.58. The normalized spacial score (nSPS) is 11.7. The number of nitrogens with two attached hydrogens (primary N) is 1. The van der Waals surface area contributed by atoms with Crippen molar-refractivity contribution in [2.45, 2.75) is 0 Å². The summed E-state index contributed by atoms with van der Waals surface area (Å²) in [6.07, 6.45) is 2.16. The number of primary amides is 1. The van der Waals surface area contributed by atoms with E-state index in [2.05, 4.69) is 0 Å². The first-order valence-electron chi connectivity index (χ1n) is 4.92. The van der Waals surface area contributed by atoms with Crippen LogP contribution in [0.15, 0.2) is 33.6 Å². The molecule has 0 atom stereocenters. The maximum absolute atomic E-state index is 10.8. The zero-order valence-corrected chi connectivity index (χ0v) is 10.6.